The average molecular weight is 541 g/mol. The number of nitrogens with one attached hydrogen (secondary N) is 1. The van der Waals surface area contributed by atoms with Crippen molar-refractivity contribution in [3.05, 3.63) is 93.3 Å². The van der Waals surface area contributed by atoms with E-state index in [1.165, 1.54) is 10.8 Å². The molecule has 2 aromatic carbocycles. The largest absolute Gasteiger partial charge is 0.394 e. The first-order chi connectivity index (χ1) is 18.4. The molecular weight excluding hydrogens is 504 g/mol. The molecule has 1 saturated heterocycles. The van der Waals surface area contributed by atoms with Crippen LogP contribution in [-0.2, 0) is 14.8 Å². The number of H-pyrrole nitrogens is 1. The first-order valence-corrected chi connectivity index (χ1v) is 14.7. The molecule has 0 saturated carbocycles. The minimum Gasteiger partial charge on any atom is -0.394 e. The van der Waals surface area contributed by atoms with Gasteiger partial charge in [0.15, 0.2) is 14.1 Å². The summed E-state index contributed by atoms with van der Waals surface area (Å²) in [6, 6.07) is 19.3. The number of aliphatic hydroxyl groups excluding tert-OH is 3. The lowest BCUT2D eigenvalue weighted by molar-refractivity contribution is -0.187. The zero-order valence-electron chi connectivity index (χ0n) is 21.7. The molecule has 0 aliphatic carbocycles. The molecule has 3 aromatic rings. The monoisotopic (exact) mass is 540 g/mol. The number of aliphatic hydroxyl groups is 3. The lowest BCUT2D eigenvalue weighted by atomic mass is 9.87. The van der Waals surface area contributed by atoms with Crippen LogP contribution < -0.4 is 21.6 Å². The van der Waals surface area contributed by atoms with E-state index in [1.807, 2.05) is 67.6 Å². The predicted octanol–water partition coefficient (Wildman–Crippen LogP) is -0.232. The third kappa shape index (κ3) is 4.72. The van der Waals surface area contributed by atoms with Gasteiger partial charge in [-0.25, -0.2) is 4.79 Å². The Morgan fingerprint density at radius 1 is 1.05 bits per heavy atom. The van der Waals surface area contributed by atoms with Gasteiger partial charge >= 0.3 is 5.69 Å². The second kappa shape index (κ2) is 11.9. The molecule has 0 bridgehead atoms. The molecule has 4 N–H and O–H groups in total. The average Bonchev–Trinajstić information content (AvgIpc) is 3.17. The first kappa shape index (κ1) is 28.2. The highest BCUT2D eigenvalue weighted by molar-refractivity contribution is 6.87. The molecule has 2 heterocycles. The third-order valence-corrected chi connectivity index (χ3v) is 11.2. The maximum absolute atomic E-state index is 13.7. The van der Waals surface area contributed by atoms with Crippen LogP contribution in [0.25, 0.3) is 0 Å². The van der Waals surface area contributed by atoms with Crippen LogP contribution in [0.1, 0.15) is 31.7 Å². The summed E-state index contributed by atoms with van der Waals surface area (Å²) >= 11 is 0. The number of benzene rings is 2. The number of rotatable bonds is 11. The minimum absolute atomic E-state index is 0.119. The standard InChI is InChI=1S/C28H36N2O7Si/c1-3-4-15-27(36-17-16-31)24(33)23(19-32)37-28(27,30-18-20(2)25(34)29-26(30)35)38(21-11-7-5-8-12-21)22-13-9-6-10-14-22/h5-14,18,23-24,31-33,38H,3-4,15-17,19H2,1-2H3,(H,29,34,35)/t23-,24-,27-,28+/m1/s1. The fraction of sp³-hybridized carbons (Fsp3) is 0.429. The van der Waals surface area contributed by atoms with E-state index in [9.17, 15) is 24.9 Å². The van der Waals surface area contributed by atoms with Crippen LogP contribution in [0.5, 0.6) is 0 Å². The van der Waals surface area contributed by atoms with E-state index in [4.69, 9.17) is 9.47 Å². The minimum atomic E-state index is -2.79. The Morgan fingerprint density at radius 2 is 1.66 bits per heavy atom. The SMILES string of the molecule is CCCC[C@@]1(OCCO)[C@H](O)[C@@H](CO)O[C@]1(n1cc(C)c(=O)[nH]c1=O)[SiH](c1ccccc1)c1ccccc1. The summed E-state index contributed by atoms with van der Waals surface area (Å²) in [5.41, 5.74) is -2.47. The third-order valence-electron chi connectivity index (χ3n) is 7.44. The summed E-state index contributed by atoms with van der Waals surface area (Å²) in [5.74, 6) is 0. The fourth-order valence-corrected chi connectivity index (χ4v) is 9.93. The molecule has 0 unspecified atom stereocenters. The number of unbranched alkanes of at least 4 members (excludes halogenated alkanes) is 1. The number of aromatic nitrogens is 2. The van der Waals surface area contributed by atoms with Crippen LogP contribution in [0.15, 0.2) is 76.4 Å². The van der Waals surface area contributed by atoms with Crippen molar-refractivity contribution in [2.24, 2.45) is 0 Å². The highest BCUT2D eigenvalue weighted by Gasteiger charge is 2.71. The van der Waals surface area contributed by atoms with E-state index >= 15 is 0 Å². The topological polar surface area (TPSA) is 134 Å². The molecule has 10 heteroatoms. The Hall–Kier alpha value is -2.86. The molecule has 0 radical (unpaired) electrons. The van der Waals surface area contributed by atoms with Crippen molar-refractivity contribution >= 4 is 19.2 Å². The number of nitrogens with zero attached hydrogens (tertiary/aromatic N) is 1. The van der Waals surface area contributed by atoms with Crippen molar-refractivity contribution in [3.63, 3.8) is 0 Å². The Bertz CT molecular complexity index is 1270. The molecule has 9 nitrogen and oxygen atoms in total. The lowest BCUT2D eigenvalue weighted by Gasteiger charge is -2.50. The first-order valence-electron chi connectivity index (χ1n) is 13.0. The summed E-state index contributed by atoms with van der Waals surface area (Å²) in [6.45, 7) is 2.66. The Morgan fingerprint density at radius 3 is 2.18 bits per heavy atom. The lowest BCUT2D eigenvalue weighted by Crippen LogP contribution is -2.74. The van der Waals surface area contributed by atoms with Crippen LogP contribution in [0.3, 0.4) is 0 Å². The highest BCUT2D eigenvalue weighted by atomic mass is 28.3. The van der Waals surface area contributed by atoms with Gasteiger partial charge in [0, 0.05) is 11.8 Å². The van der Waals surface area contributed by atoms with Crippen LogP contribution in [0, 0.1) is 6.92 Å². The van der Waals surface area contributed by atoms with E-state index in [0.717, 1.165) is 16.8 Å². The zero-order valence-corrected chi connectivity index (χ0v) is 22.9. The maximum atomic E-state index is 13.7. The molecule has 0 spiro atoms. The summed E-state index contributed by atoms with van der Waals surface area (Å²) in [4.78, 5) is 28.6. The normalized spacial score (nSPS) is 25.2. The Balaban J connectivity index is 2.19. The molecule has 4 atom stereocenters. The molecule has 1 aliphatic rings. The van der Waals surface area contributed by atoms with Gasteiger partial charge < -0.3 is 24.8 Å². The van der Waals surface area contributed by atoms with Gasteiger partial charge in [0.2, 0.25) is 0 Å². The molecular formula is C28H36N2O7Si. The van der Waals surface area contributed by atoms with E-state index < -0.39 is 49.8 Å². The molecule has 38 heavy (non-hydrogen) atoms. The fourth-order valence-electron chi connectivity index (χ4n) is 5.76. The number of hydrogen-bond acceptors (Lipinski definition) is 7. The number of ether oxygens (including phenoxy) is 2. The van der Waals surface area contributed by atoms with Crippen LogP contribution in [0.2, 0.25) is 0 Å². The van der Waals surface area contributed by atoms with Crippen LogP contribution in [0.4, 0.5) is 0 Å². The van der Waals surface area contributed by atoms with E-state index in [-0.39, 0.29) is 25.2 Å². The molecule has 1 aliphatic heterocycles. The van der Waals surface area contributed by atoms with Crippen LogP contribution in [-0.4, -0.2) is 71.3 Å². The molecule has 1 aromatic heterocycles. The predicted molar refractivity (Wildman–Crippen MR) is 147 cm³/mol. The van der Waals surface area contributed by atoms with E-state index in [0.29, 0.717) is 6.42 Å². The van der Waals surface area contributed by atoms with Crippen molar-refractivity contribution < 1.29 is 24.8 Å². The van der Waals surface area contributed by atoms with Gasteiger partial charge in [0.25, 0.3) is 5.56 Å². The van der Waals surface area contributed by atoms with Crippen molar-refractivity contribution in [3.8, 4) is 0 Å². The highest BCUT2D eigenvalue weighted by Crippen LogP contribution is 2.50. The van der Waals surface area contributed by atoms with E-state index in [2.05, 4.69) is 4.98 Å². The van der Waals surface area contributed by atoms with Gasteiger partial charge in [0.1, 0.15) is 17.8 Å². The van der Waals surface area contributed by atoms with Crippen molar-refractivity contribution in [2.75, 3.05) is 19.8 Å². The summed E-state index contributed by atoms with van der Waals surface area (Å²) in [6.07, 6.45) is 0.726. The van der Waals surface area contributed by atoms with Gasteiger partial charge in [-0.3, -0.25) is 14.3 Å². The van der Waals surface area contributed by atoms with Gasteiger partial charge in [-0.1, -0.05) is 90.8 Å². The smallest absolute Gasteiger partial charge is 0.330 e. The van der Waals surface area contributed by atoms with E-state index in [1.54, 1.807) is 6.92 Å². The maximum Gasteiger partial charge on any atom is 0.330 e. The van der Waals surface area contributed by atoms with Crippen LogP contribution >= 0.6 is 0 Å². The molecule has 204 valence electrons. The van der Waals surface area contributed by atoms with Gasteiger partial charge in [0.05, 0.1) is 19.8 Å². The summed E-state index contributed by atoms with van der Waals surface area (Å²) in [7, 11) is -2.79. The van der Waals surface area contributed by atoms with Gasteiger partial charge in [-0.15, -0.1) is 0 Å². The molecule has 1 fully saturated rings. The molecule has 0 amide bonds. The Kier molecular flexibility index (Phi) is 8.81. The molecule has 4 rings (SSSR count). The van der Waals surface area contributed by atoms with Crippen molar-refractivity contribution in [1.29, 1.82) is 0 Å². The Labute approximate surface area is 222 Å². The van der Waals surface area contributed by atoms with Gasteiger partial charge in [-0.2, -0.15) is 0 Å². The van der Waals surface area contributed by atoms with Gasteiger partial charge in [-0.05, 0) is 13.3 Å². The number of aryl methyl sites for hydroxylation is 1. The second-order valence-electron chi connectivity index (χ2n) is 9.74. The summed E-state index contributed by atoms with van der Waals surface area (Å²) < 4.78 is 14.6. The van der Waals surface area contributed by atoms with Crippen molar-refractivity contribution in [1.82, 2.24) is 9.55 Å². The van der Waals surface area contributed by atoms with Crippen molar-refractivity contribution in [2.45, 2.75) is 56.3 Å². The second-order valence-corrected chi connectivity index (χ2v) is 12.7. The zero-order chi connectivity index (χ0) is 27.3. The number of hydrogen-bond donors (Lipinski definition) is 4. The quantitative estimate of drug-likeness (QED) is 0.247. The number of aromatic amines is 1. The summed E-state index contributed by atoms with van der Waals surface area (Å²) in [5, 5.41) is 32.2.